The Labute approximate surface area is 138 Å². The van der Waals surface area contributed by atoms with E-state index in [1.807, 2.05) is 30.3 Å². The van der Waals surface area contributed by atoms with Crippen molar-refractivity contribution in [3.8, 4) is 0 Å². The molecule has 1 atom stereocenters. The number of hydrogen-bond donors (Lipinski definition) is 1. The predicted octanol–water partition coefficient (Wildman–Crippen LogP) is 2.37. The third-order valence-electron chi connectivity index (χ3n) is 3.64. The van der Waals surface area contributed by atoms with Crippen LogP contribution in [-0.2, 0) is 6.54 Å². The van der Waals surface area contributed by atoms with Gasteiger partial charge in [-0.2, -0.15) is 5.10 Å². The monoisotopic (exact) mass is 325 g/mol. The van der Waals surface area contributed by atoms with E-state index in [1.165, 1.54) is 18.6 Å². The first-order valence-electron chi connectivity index (χ1n) is 7.52. The van der Waals surface area contributed by atoms with Crippen molar-refractivity contribution in [2.75, 3.05) is 0 Å². The lowest BCUT2D eigenvalue weighted by Gasteiger charge is -2.19. The maximum Gasteiger partial charge on any atom is 0.254 e. The summed E-state index contributed by atoms with van der Waals surface area (Å²) in [5.41, 5.74) is 0.923. The highest BCUT2D eigenvalue weighted by Gasteiger charge is 2.18. The van der Waals surface area contributed by atoms with Gasteiger partial charge in [0.2, 0.25) is 0 Å². The number of hydrogen-bond acceptors (Lipinski definition) is 4. The number of rotatable bonds is 6. The molecule has 0 radical (unpaired) electrons. The van der Waals surface area contributed by atoms with Gasteiger partial charge >= 0.3 is 0 Å². The molecule has 7 heteroatoms. The number of nitrogens with zero attached hydrogens (tertiary/aromatic N) is 4. The number of carbonyl (C=O) groups is 1. The number of amides is 1. The van der Waals surface area contributed by atoms with Crippen LogP contribution in [-0.4, -0.2) is 25.7 Å². The van der Waals surface area contributed by atoms with Gasteiger partial charge in [0.15, 0.2) is 5.82 Å². The van der Waals surface area contributed by atoms with Crippen LogP contribution >= 0.6 is 0 Å². The first-order valence-corrected chi connectivity index (χ1v) is 7.52. The van der Waals surface area contributed by atoms with Crippen LogP contribution in [0.2, 0.25) is 0 Å². The number of aromatic nitrogens is 4. The molecule has 0 unspecified atom stereocenters. The minimum atomic E-state index is -0.641. The fraction of sp³-hybridized carbons (Fsp3) is 0.176. The van der Waals surface area contributed by atoms with Crippen LogP contribution in [0, 0.1) is 5.82 Å². The van der Waals surface area contributed by atoms with Crippen molar-refractivity contribution in [2.24, 2.45) is 0 Å². The molecule has 122 valence electrons. The summed E-state index contributed by atoms with van der Waals surface area (Å²) in [7, 11) is 0. The van der Waals surface area contributed by atoms with Crippen molar-refractivity contribution in [3.63, 3.8) is 0 Å². The summed E-state index contributed by atoms with van der Waals surface area (Å²) in [6.45, 7) is 0.582. The van der Waals surface area contributed by atoms with Gasteiger partial charge in [-0.15, -0.1) is 0 Å². The third-order valence-corrected chi connectivity index (χ3v) is 3.64. The molecule has 3 rings (SSSR count). The summed E-state index contributed by atoms with van der Waals surface area (Å²) in [6.07, 6.45) is 6.10. The molecule has 1 aromatic carbocycles. The highest BCUT2D eigenvalue weighted by molar-refractivity contribution is 5.94. The maximum atomic E-state index is 13.8. The first kappa shape index (κ1) is 15.8. The molecule has 24 heavy (non-hydrogen) atoms. The molecule has 0 saturated carbocycles. The van der Waals surface area contributed by atoms with Crippen LogP contribution in [0.3, 0.4) is 0 Å². The highest BCUT2D eigenvalue weighted by Crippen LogP contribution is 2.18. The lowest BCUT2D eigenvalue weighted by molar-refractivity contribution is 0.0929. The minimum Gasteiger partial charge on any atom is -0.345 e. The van der Waals surface area contributed by atoms with E-state index in [1.54, 1.807) is 11.0 Å². The molecule has 0 bridgehead atoms. The average molecular weight is 325 g/mol. The number of carbonyl (C=O) groups excluding carboxylic acids is 1. The number of pyridine rings is 1. The predicted molar refractivity (Wildman–Crippen MR) is 85.5 cm³/mol. The summed E-state index contributed by atoms with van der Waals surface area (Å²) in [4.78, 5) is 20.0. The molecular formula is C17H16FN5O. The van der Waals surface area contributed by atoms with E-state index in [4.69, 9.17) is 0 Å². The van der Waals surface area contributed by atoms with Crippen molar-refractivity contribution in [1.82, 2.24) is 25.1 Å². The summed E-state index contributed by atoms with van der Waals surface area (Å²) < 4.78 is 15.4. The molecule has 0 aliphatic heterocycles. The van der Waals surface area contributed by atoms with Crippen LogP contribution in [0.5, 0.6) is 0 Å². The zero-order chi connectivity index (χ0) is 16.8. The Bertz CT molecular complexity index is 792. The smallest absolute Gasteiger partial charge is 0.254 e. The van der Waals surface area contributed by atoms with Crippen LogP contribution in [0.15, 0.2) is 61.4 Å². The Balaban J connectivity index is 1.77. The summed E-state index contributed by atoms with van der Waals surface area (Å²) in [5.74, 6) is -1.11. The Morgan fingerprint density at radius 1 is 1.21 bits per heavy atom. The zero-order valence-electron chi connectivity index (χ0n) is 12.8. The molecule has 1 N–H and O–H groups in total. The highest BCUT2D eigenvalue weighted by atomic mass is 19.1. The first-order chi connectivity index (χ1) is 11.7. The van der Waals surface area contributed by atoms with Crippen molar-refractivity contribution < 1.29 is 9.18 Å². The number of nitrogens with one attached hydrogen (secondary N) is 1. The topological polar surface area (TPSA) is 72.7 Å². The van der Waals surface area contributed by atoms with Crippen molar-refractivity contribution >= 4 is 5.91 Å². The molecule has 1 amide bonds. The lowest BCUT2D eigenvalue weighted by atomic mass is 10.0. The normalized spacial score (nSPS) is 11.9. The van der Waals surface area contributed by atoms with Gasteiger partial charge in [-0.1, -0.05) is 30.3 Å². The molecule has 0 spiro atoms. The zero-order valence-corrected chi connectivity index (χ0v) is 12.8. The van der Waals surface area contributed by atoms with Gasteiger partial charge in [0.25, 0.3) is 5.91 Å². The summed E-state index contributed by atoms with van der Waals surface area (Å²) in [6, 6.07) is 10.7. The molecule has 0 fully saturated rings. The van der Waals surface area contributed by atoms with E-state index in [2.05, 4.69) is 20.4 Å². The van der Waals surface area contributed by atoms with Gasteiger partial charge in [0.05, 0.1) is 17.8 Å². The van der Waals surface area contributed by atoms with Gasteiger partial charge in [-0.25, -0.2) is 9.37 Å². The molecule has 0 aliphatic rings. The Kier molecular flexibility index (Phi) is 4.90. The van der Waals surface area contributed by atoms with Crippen molar-refractivity contribution in [2.45, 2.75) is 19.0 Å². The van der Waals surface area contributed by atoms with Crippen molar-refractivity contribution in [1.29, 1.82) is 0 Å². The van der Waals surface area contributed by atoms with Gasteiger partial charge in [-0.3, -0.25) is 14.5 Å². The van der Waals surface area contributed by atoms with E-state index in [9.17, 15) is 9.18 Å². The molecule has 3 aromatic rings. The Morgan fingerprint density at radius 2 is 2.04 bits per heavy atom. The second kappa shape index (κ2) is 7.45. The van der Waals surface area contributed by atoms with E-state index < -0.39 is 11.7 Å². The summed E-state index contributed by atoms with van der Waals surface area (Å²) in [5, 5.41) is 6.94. The lowest BCUT2D eigenvalue weighted by Crippen LogP contribution is -2.30. The van der Waals surface area contributed by atoms with E-state index in [0.29, 0.717) is 13.0 Å². The molecular weight excluding hydrogens is 309 g/mol. The van der Waals surface area contributed by atoms with E-state index in [-0.39, 0.29) is 11.6 Å². The molecule has 6 nitrogen and oxygen atoms in total. The third kappa shape index (κ3) is 3.81. The van der Waals surface area contributed by atoms with Gasteiger partial charge < -0.3 is 5.32 Å². The fourth-order valence-electron chi connectivity index (χ4n) is 2.41. The number of aryl methyl sites for hydroxylation is 1. The molecule has 2 heterocycles. The fourth-order valence-corrected chi connectivity index (χ4v) is 2.41. The molecule has 0 saturated heterocycles. The Hall–Kier alpha value is -3.09. The van der Waals surface area contributed by atoms with Gasteiger partial charge in [0, 0.05) is 12.7 Å². The van der Waals surface area contributed by atoms with Crippen LogP contribution in [0.4, 0.5) is 4.39 Å². The summed E-state index contributed by atoms with van der Waals surface area (Å²) >= 11 is 0. The van der Waals surface area contributed by atoms with Crippen LogP contribution in [0.1, 0.15) is 28.4 Å². The molecule has 0 aliphatic carbocycles. The standard InChI is InChI=1S/C17H16FN5O/c18-15-10-19-8-6-14(15)17(24)22-16(13-4-2-1-3-5-13)7-9-23-12-20-11-21-23/h1-6,8,10-12,16H,7,9H2,(H,22,24)/t16-/m0/s1. The number of benzene rings is 1. The second-order valence-electron chi connectivity index (χ2n) is 5.24. The van der Waals surface area contributed by atoms with Crippen LogP contribution in [0.25, 0.3) is 0 Å². The van der Waals surface area contributed by atoms with E-state index in [0.717, 1.165) is 11.8 Å². The largest absolute Gasteiger partial charge is 0.345 e. The number of halogens is 1. The van der Waals surface area contributed by atoms with Gasteiger partial charge in [-0.05, 0) is 18.1 Å². The minimum absolute atomic E-state index is 0.0216. The Morgan fingerprint density at radius 3 is 2.75 bits per heavy atom. The maximum absolute atomic E-state index is 13.8. The van der Waals surface area contributed by atoms with Crippen LogP contribution < -0.4 is 5.32 Å². The molecule has 2 aromatic heterocycles. The average Bonchev–Trinajstić information content (AvgIpc) is 3.13. The van der Waals surface area contributed by atoms with Gasteiger partial charge in [0.1, 0.15) is 12.7 Å². The SMILES string of the molecule is O=C(N[C@@H](CCn1cncn1)c1ccccc1)c1ccncc1F. The van der Waals surface area contributed by atoms with Crippen molar-refractivity contribution in [3.05, 3.63) is 78.4 Å². The van der Waals surface area contributed by atoms with E-state index >= 15 is 0 Å². The quantitative estimate of drug-likeness (QED) is 0.755. The second-order valence-corrected chi connectivity index (χ2v) is 5.24.